The first-order valence-corrected chi connectivity index (χ1v) is 5.26. The van der Waals surface area contributed by atoms with Gasteiger partial charge in [0, 0.05) is 11.6 Å². The van der Waals surface area contributed by atoms with Crippen LogP contribution in [0.3, 0.4) is 0 Å². The Kier molecular flexibility index (Phi) is 2.65. The van der Waals surface area contributed by atoms with Gasteiger partial charge in [0.05, 0.1) is 5.41 Å². The molecule has 1 aliphatic carbocycles. The van der Waals surface area contributed by atoms with Gasteiger partial charge in [-0.05, 0) is 40.0 Å². The molecule has 3 nitrogen and oxygen atoms in total. The van der Waals surface area contributed by atoms with Crippen LogP contribution in [-0.4, -0.2) is 17.5 Å². The summed E-state index contributed by atoms with van der Waals surface area (Å²) >= 11 is 0. The van der Waals surface area contributed by atoms with Gasteiger partial charge < -0.3 is 11.1 Å². The zero-order chi connectivity index (χ0) is 11.1. The molecule has 0 aromatic rings. The van der Waals surface area contributed by atoms with E-state index in [9.17, 15) is 4.79 Å². The highest BCUT2D eigenvalue weighted by Gasteiger charge is 2.43. The highest BCUT2D eigenvalue weighted by Crippen LogP contribution is 2.33. The minimum atomic E-state index is -0.519. The van der Waals surface area contributed by atoms with Crippen LogP contribution >= 0.6 is 0 Å². The summed E-state index contributed by atoms with van der Waals surface area (Å²) in [6.45, 7) is 9.72. The number of carbonyl (C=O) groups is 1. The summed E-state index contributed by atoms with van der Waals surface area (Å²) in [7, 11) is 0. The quantitative estimate of drug-likeness (QED) is 0.717. The van der Waals surface area contributed by atoms with Gasteiger partial charge in [-0.2, -0.15) is 0 Å². The molecule has 14 heavy (non-hydrogen) atoms. The Morgan fingerprint density at radius 2 is 1.79 bits per heavy atom. The Bertz CT molecular complexity index is 240. The molecule has 0 heterocycles. The second-order valence-corrected chi connectivity index (χ2v) is 5.64. The Morgan fingerprint density at radius 1 is 1.36 bits per heavy atom. The van der Waals surface area contributed by atoms with E-state index in [1.54, 1.807) is 0 Å². The van der Waals surface area contributed by atoms with Crippen molar-refractivity contribution < 1.29 is 4.79 Å². The fourth-order valence-corrected chi connectivity index (χ4v) is 1.16. The molecule has 1 aliphatic rings. The maximum Gasteiger partial charge on any atom is 0.227 e. The third-order valence-electron chi connectivity index (χ3n) is 3.60. The molecule has 0 spiro atoms. The van der Waals surface area contributed by atoms with E-state index in [4.69, 9.17) is 5.73 Å². The van der Waals surface area contributed by atoms with Gasteiger partial charge in [0.1, 0.15) is 0 Å². The fourth-order valence-electron chi connectivity index (χ4n) is 1.16. The third-order valence-corrected chi connectivity index (χ3v) is 3.60. The Morgan fingerprint density at radius 3 is 2.07 bits per heavy atom. The number of rotatable bonds is 3. The first kappa shape index (κ1) is 11.5. The molecule has 1 amide bonds. The zero-order valence-corrected chi connectivity index (χ0v) is 9.85. The number of hydrogen-bond acceptors (Lipinski definition) is 2. The van der Waals surface area contributed by atoms with Crippen LogP contribution in [0, 0.1) is 11.3 Å². The standard InChI is InChI=1S/C11H22N2O/c1-7-6-8(7)13-9(14)10(2,3)11(4,5)12/h7-8H,6,12H2,1-5H3,(H,13,14). The predicted molar refractivity (Wildman–Crippen MR) is 57.8 cm³/mol. The van der Waals surface area contributed by atoms with Crippen molar-refractivity contribution in [3.05, 3.63) is 0 Å². The molecule has 1 saturated carbocycles. The number of hydrogen-bond donors (Lipinski definition) is 2. The topological polar surface area (TPSA) is 55.1 Å². The zero-order valence-electron chi connectivity index (χ0n) is 9.85. The van der Waals surface area contributed by atoms with E-state index in [0.717, 1.165) is 6.42 Å². The predicted octanol–water partition coefficient (Wildman–Crippen LogP) is 1.27. The second-order valence-electron chi connectivity index (χ2n) is 5.64. The summed E-state index contributed by atoms with van der Waals surface area (Å²) in [6, 6.07) is 0.379. The van der Waals surface area contributed by atoms with Gasteiger partial charge in [0.15, 0.2) is 0 Å². The molecule has 3 N–H and O–H groups in total. The molecule has 3 heteroatoms. The number of carbonyl (C=O) groups excluding carboxylic acids is 1. The maximum atomic E-state index is 11.9. The van der Waals surface area contributed by atoms with Crippen molar-refractivity contribution in [1.29, 1.82) is 0 Å². The van der Waals surface area contributed by atoms with E-state index in [0.29, 0.717) is 12.0 Å². The monoisotopic (exact) mass is 198 g/mol. The summed E-state index contributed by atoms with van der Waals surface area (Å²) < 4.78 is 0. The van der Waals surface area contributed by atoms with Gasteiger partial charge >= 0.3 is 0 Å². The van der Waals surface area contributed by atoms with Gasteiger partial charge in [0.2, 0.25) is 5.91 Å². The molecule has 2 atom stereocenters. The summed E-state index contributed by atoms with van der Waals surface area (Å²) in [5.74, 6) is 0.704. The van der Waals surface area contributed by atoms with Crippen molar-refractivity contribution in [3.63, 3.8) is 0 Å². The summed E-state index contributed by atoms with van der Waals surface area (Å²) in [5.41, 5.74) is 4.97. The number of amides is 1. The van der Waals surface area contributed by atoms with Crippen LogP contribution in [0.4, 0.5) is 0 Å². The van der Waals surface area contributed by atoms with E-state index >= 15 is 0 Å². The molecule has 0 aromatic carbocycles. The lowest BCUT2D eigenvalue weighted by atomic mass is 9.74. The lowest BCUT2D eigenvalue weighted by Gasteiger charge is -2.37. The lowest BCUT2D eigenvalue weighted by Crippen LogP contribution is -2.56. The Hall–Kier alpha value is -0.570. The maximum absolute atomic E-state index is 11.9. The number of nitrogens with two attached hydrogens (primary N) is 1. The molecule has 0 saturated heterocycles. The van der Waals surface area contributed by atoms with Crippen molar-refractivity contribution in [1.82, 2.24) is 5.32 Å². The van der Waals surface area contributed by atoms with Crippen LogP contribution in [0.15, 0.2) is 0 Å². The highest BCUT2D eigenvalue weighted by atomic mass is 16.2. The molecular weight excluding hydrogens is 176 g/mol. The molecular formula is C11H22N2O. The van der Waals surface area contributed by atoms with Crippen molar-refractivity contribution in [2.75, 3.05) is 0 Å². The molecule has 0 radical (unpaired) electrons. The number of nitrogens with one attached hydrogen (secondary N) is 1. The smallest absolute Gasteiger partial charge is 0.227 e. The second kappa shape index (κ2) is 3.23. The molecule has 0 bridgehead atoms. The van der Waals surface area contributed by atoms with Crippen LogP contribution in [0.25, 0.3) is 0 Å². The minimum Gasteiger partial charge on any atom is -0.353 e. The normalized spacial score (nSPS) is 27.3. The first-order chi connectivity index (χ1) is 6.16. The van der Waals surface area contributed by atoms with E-state index < -0.39 is 11.0 Å². The largest absolute Gasteiger partial charge is 0.353 e. The molecule has 1 fully saturated rings. The van der Waals surface area contributed by atoms with Crippen molar-refractivity contribution in [2.24, 2.45) is 17.1 Å². The van der Waals surface area contributed by atoms with Crippen LogP contribution in [-0.2, 0) is 4.79 Å². The molecule has 0 aliphatic heterocycles. The van der Waals surface area contributed by atoms with Gasteiger partial charge in [0.25, 0.3) is 0 Å². The van der Waals surface area contributed by atoms with Gasteiger partial charge in [-0.3, -0.25) is 4.79 Å². The SMILES string of the molecule is CC1CC1NC(=O)C(C)(C)C(C)(C)N. The summed E-state index contributed by atoms with van der Waals surface area (Å²) in [6.07, 6.45) is 1.10. The van der Waals surface area contributed by atoms with Gasteiger partial charge in [-0.1, -0.05) is 6.92 Å². The Balaban J connectivity index is 2.59. The average molecular weight is 198 g/mol. The first-order valence-electron chi connectivity index (χ1n) is 5.26. The molecule has 82 valence electrons. The summed E-state index contributed by atoms with van der Waals surface area (Å²) in [5, 5.41) is 3.03. The lowest BCUT2D eigenvalue weighted by molar-refractivity contribution is -0.132. The fraction of sp³-hybridized carbons (Fsp3) is 0.909. The van der Waals surface area contributed by atoms with Crippen molar-refractivity contribution in [2.45, 2.75) is 52.6 Å². The van der Waals surface area contributed by atoms with Crippen LogP contribution in [0.1, 0.15) is 41.0 Å². The van der Waals surface area contributed by atoms with E-state index in [-0.39, 0.29) is 5.91 Å². The highest BCUT2D eigenvalue weighted by molar-refractivity contribution is 5.83. The van der Waals surface area contributed by atoms with Crippen molar-refractivity contribution in [3.8, 4) is 0 Å². The van der Waals surface area contributed by atoms with Gasteiger partial charge in [-0.15, -0.1) is 0 Å². The van der Waals surface area contributed by atoms with E-state index in [1.807, 2.05) is 27.7 Å². The van der Waals surface area contributed by atoms with E-state index in [2.05, 4.69) is 12.2 Å². The van der Waals surface area contributed by atoms with Gasteiger partial charge in [-0.25, -0.2) is 0 Å². The summed E-state index contributed by atoms with van der Waals surface area (Å²) in [4.78, 5) is 11.9. The third kappa shape index (κ3) is 2.08. The molecule has 1 rings (SSSR count). The minimum absolute atomic E-state index is 0.0688. The average Bonchev–Trinajstić information content (AvgIpc) is 2.63. The van der Waals surface area contributed by atoms with E-state index in [1.165, 1.54) is 0 Å². The van der Waals surface area contributed by atoms with Crippen LogP contribution in [0.2, 0.25) is 0 Å². The van der Waals surface area contributed by atoms with Crippen LogP contribution in [0.5, 0.6) is 0 Å². The molecule has 0 aromatic heterocycles. The Labute approximate surface area is 86.4 Å². The molecule has 2 unspecified atom stereocenters. The van der Waals surface area contributed by atoms with Crippen LogP contribution < -0.4 is 11.1 Å². The van der Waals surface area contributed by atoms with Crippen molar-refractivity contribution >= 4 is 5.91 Å².